The summed E-state index contributed by atoms with van der Waals surface area (Å²) in [6, 6.07) is 2.79. The number of carbonyl (C=O) groups is 2. The van der Waals surface area contributed by atoms with Crippen molar-refractivity contribution in [2.45, 2.75) is 18.9 Å². The Morgan fingerprint density at radius 3 is 2.26 bits per heavy atom. The van der Waals surface area contributed by atoms with Crippen LogP contribution in [0.5, 0.6) is 0 Å². The van der Waals surface area contributed by atoms with Gasteiger partial charge in [-0.05, 0) is 24.6 Å². The van der Waals surface area contributed by atoms with Crippen molar-refractivity contribution in [1.29, 1.82) is 5.26 Å². The van der Waals surface area contributed by atoms with Gasteiger partial charge in [0.25, 0.3) is 0 Å². The van der Waals surface area contributed by atoms with Crippen LogP contribution in [0.4, 0.5) is 13.6 Å². The van der Waals surface area contributed by atoms with Gasteiger partial charge in [-0.1, -0.05) is 0 Å². The van der Waals surface area contributed by atoms with Gasteiger partial charge < -0.3 is 10.4 Å². The number of nitrogens with zero attached hydrogens (tertiary/aromatic N) is 1. The summed E-state index contributed by atoms with van der Waals surface area (Å²) in [5.74, 6) is -4.05. The molecule has 0 aliphatic carbocycles. The number of ketones is 1. The number of carboxylic acid groups (broad SMARTS) is 1. The molecule has 19 heavy (non-hydrogen) atoms. The monoisotopic (exact) mass is 268 g/mol. The highest BCUT2D eigenvalue weighted by molar-refractivity contribution is 5.94. The zero-order valence-electron chi connectivity index (χ0n) is 9.85. The fraction of sp³-hybridized carbons (Fsp3) is 0.250. The third-order valence-corrected chi connectivity index (χ3v) is 2.40. The molecule has 0 unspecified atom stereocenters. The molecule has 0 aliphatic heterocycles. The van der Waals surface area contributed by atoms with Crippen LogP contribution in [0.1, 0.15) is 18.4 Å². The second-order valence-corrected chi connectivity index (χ2v) is 3.84. The normalized spacial score (nSPS) is 13.2. The van der Waals surface area contributed by atoms with Crippen LogP contribution in [-0.2, 0) is 4.79 Å². The molecule has 0 radical (unpaired) electrons. The molecule has 1 aromatic rings. The molecule has 0 heterocycles. The largest absolute Gasteiger partial charge is 0.465 e. The number of rotatable bonds is 4. The van der Waals surface area contributed by atoms with Gasteiger partial charge in [0.05, 0.1) is 12.1 Å². The van der Waals surface area contributed by atoms with E-state index in [1.807, 2.05) is 5.32 Å². The van der Waals surface area contributed by atoms with E-state index in [2.05, 4.69) is 0 Å². The van der Waals surface area contributed by atoms with E-state index >= 15 is 0 Å². The minimum Gasteiger partial charge on any atom is -0.465 e. The Balaban J connectivity index is 3.04. The average Bonchev–Trinajstić information content (AvgIpc) is 2.27. The molecule has 5 nitrogen and oxygen atoms in total. The molecule has 7 heteroatoms. The number of amides is 1. The highest BCUT2D eigenvalue weighted by Gasteiger charge is 2.27. The summed E-state index contributed by atoms with van der Waals surface area (Å²) in [5, 5.41) is 19.3. The van der Waals surface area contributed by atoms with Gasteiger partial charge in [0.15, 0.2) is 5.78 Å². The van der Waals surface area contributed by atoms with Crippen LogP contribution in [0.25, 0.3) is 0 Å². The van der Waals surface area contributed by atoms with E-state index in [9.17, 15) is 18.4 Å². The zero-order valence-corrected chi connectivity index (χ0v) is 9.85. The van der Waals surface area contributed by atoms with Gasteiger partial charge in [0.2, 0.25) is 0 Å². The van der Waals surface area contributed by atoms with E-state index in [1.165, 1.54) is 6.92 Å². The first-order valence-electron chi connectivity index (χ1n) is 5.24. The molecule has 1 amide bonds. The number of nitrogens with one attached hydrogen (secondary N) is 1. The minimum atomic E-state index is -1.44. The third-order valence-electron chi connectivity index (χ3n) is 2.40. The summed E-state index contributed by atoms with van der Waals surface area (Å²) in [6.07, 6.45) is -1.43. The predicted molar refractivity (Wildman–Crippen MR) is 60.3 cm³/mol. The van der Waals surface area contributed by atoms with Gasteiger partial charge in [0.1, 0.15) is 17.6 Å². The minimum absolute atomic E-state index is 0.149. The molecule has 100 valence electrons. The first-order valence-corrected chi connectivity index (χ1v) is 5.24. The Bertz CT molecular complexity index is 534. The van der Waals surface area contributed by atoms with Crippen molar-refractivity contribution in [1.82, 2.24) is 5.32 Å². The lowest BCUT2D eigenvalue weighted by Gasteiger charge is -2.14. The molecule has 0 aliphatic rings. The SMILES string of the molecule is C[C@H](NC(=O)O)C(=O)[C@H](C#N)c1cc(F)cc(F)c1. The first kappa shape index (κ1) is 14.6. The van der Waals surface area contributed by atoms with E-state index in [0.717, 1.165) is 12.1 Å². The maximum atomic E-state index is 13.0. The second kappa shape index (κ2) is 5.91. The highest BCUT2D eigenvalue weighted by Crippen LogP contribution is 2.20. The Morgan fingerprint density at radius 1 is 1.32 bits per heavy atom. The molecule has 1 aromatic carbocycles. The molecule has 2 N–H and O–H groups in total. The summed E-state index contributed by atoms with van der Waals surface area (Å²) in [5.41, 5.74) is -0.149. The van der Waals surface area contributed by atoms with Crippen LogP contribution < -0.4 is 5.32 Å². The number of hydrogen-bond acceptors (Lipinski definition) is 3. The van der Waals surface area contributed by atoms with E-state index in [4.69, 9.17) is 10.4 Å². The molecule has 0 saturated carbocycles. The van der Waals surface area contributed by atoms with Crippen LogP contribution in [-0.4, -0.2) is 23.0 Å². The van der Waals surface area contributed by atoms with Gasteiger partial charge in [-0.2, -0.15) is 5.26 Å². The number of nitriles is 1. The lowest BCUT2D eigenvalue weighted by atomic mass is 9.92. The summed E-state index contributed by atoms with van der Waals surface area (Å²) in [6.45, 7) is 1.25. The molecule has 0 fully saturated rings. The quantitative estimate of drug-likeness (QED) is 0.871. The second-order valence-electron chi connectivity index (χ2n) is 3.84. The smallest absolute Gasteiger partial charge is 0.405 e. The van der Waals surface area contributed by atoms with Crippen molar-refractivity contribution in [2.24, 2.45) is 0 Å². The highest BCUT2D eigenvalue weighted by atomic mass is 19.1. The van der Waals surface area contributed by atoms with Crippen LogP contribution >= 0.6 is 0 Å². The summed E-state index contributed by atoms with van der Waals surface area (Å²) in [7, 11) is 0. The Kier molecular flexibility index (Phi) is 4.53. The van der Waals surface area contributed by atoms with Crippen molar-refractivity contribution < 1.29 is 23.5 Å². The van der Waals surface area contributed by atoms with Crippen molar-refractivity contribution in [2.75, 3.05) is 0 Å². The Hall–Kier alpha value is -2.49. The summed E-state index contributed by atoms with van der Waals surface area (Å²) < 4.78 is 26.1. The van der Waals surface area contributed by atoms with E-state index in [1.54, 1.807) is 6.07 Å². The van der Waals surface area contributed by atoms with E-state index in [-0.39, 0.29) is 5.56 Å². The van der Waals surface area contributed by atoms with Gasteiger partial charge in [-0.25, -0.2) is 13.6 Å². The maximum Gasteiger partial charge on any atom is 0.405 e. The Labute approximate surface area is 107 Å². The van der Waals surface area contributed by atoms with Gasteiger partial charge in [0, 0.05) is 6.07 Å². The molecule has 1 rings (SSSR count). The fourth-order valence-corrected chi connectivity index (χ4v) is 1.55. The van der Waals surface area contributed by atoms with E-state index in [0.29, 0.717) is 6.07 Å². The number of Topliss-reactive ketones (excluding diaryl/α,β-unsaturated/α-hetero) is 1. The molecule has 0 aromatic heterocycles. The van der Waals surface area contributed by atoms with Crippen molar-refractivity contribution >= 4 is 11.9 Å². The molecule has 2 atom stereocenters. The number of hydrogen-bond donors (Lipinski definition) is 2. The molecule has 0 bridgehead atoms. The average molecular weight is 268 g/mol. The van der Waals surface area contributed by atoms with Crippen LogP contribution in [0, 0.1) is 23.0 Å². The number of benzene rings is 1. The number of halogens is 2. The zero-order chi connectivity index (χ0) is 14.6. The van der Waals surface area contributed by atoms with Crippen molar-refractivity contribution in [3.05, 3.63) is 35.4 Å². The predicted octanol–water partition coefficient (Wildman–Crippen LogP) is 1.80. The third kappa shape index (κ3) is 3.74. The summed E-state index contributed by atoms with van der Waals surface area (Å²) >= 11 is 0. The van der Waals surface area contributed by atoms with Crippen LogP contribution in [0.2, 0.25) is 0 Å². The lowest BCUT2D eigenvalue weighted by Crippen LogP contribution is -2.39. The summed E-state index contributed by atoms with van der Waals surface area (Å²) in [4.78, 5) is 22.2. The molecule has 0 spiro atoms. The lowest BCUT2D eigenvalue weighted by molar-refractivity contribution is -0.120. The molecule has 0 saturated heterocycles. The standard InChI is InChI=1S/C12H10F2N2O3/c1-6(16-12(18)19)11(17)10(5-15)7-2-8(13)4-9(14)3-7/h2-4,6,10,16H,1H3,(H,18,19)/t6-,10+/m0/s1. The van der Waals surface area contributed by atoms with Crippen LogP contribution in [0.3, 0.4) is 0 Å². The fourth-order valence-electron chi connectivity index (χ4n) is 1.55. The number of carbonyl (C=O) groups excluding carboxylic acids is 1. The maximum absolute atomic E-state index is 13.0. The van der Waals surface area contributed by atoms with Crippen molar-refractivity contribution in [3.63, 3.8) is 0 Å². The van der Waals surface area contributed by atoms with E-state index < -0.39 is 35.5 Å². The van der Waals surface area contributed by atoms with Gasteiger partial charge in [-0.3, -0.25) is 4.79 Å². The molecular weight excluding hydrogens is 258 g/mol. The Morgan fingerprint density at radius 2 is 1.84 bits per heavy atom. The topological polar surface area (TPSA) is 90.2 Å². The van der Waals surface area contributed by atoms with Gasteiger partial charge in [-0.15, -0.1) is 0 Å². The van der Waals surface area contributed by atoms with Crippen LogP contribution in [0.15, 0.2) is 18.2 Å². The molecular formula is C12H10F2N2O3. The first-order chi connectivity index (χ1) is 8.85. The van der Waals surface area contributed by atoms with Crippen molar-refractivity contribution in [3.8, 4) is 6.07 Å². The van der Waals surface area contributed by atoms with Gasteiger partial charge >= 0.3 is 6.09 Å².